The highest BCUT2D eigenvalue weighted by atomic mass is 19.3. The van der Waals surface area contributed by atoms with Crippen LogP contribution in [0, 0.1) is 5.41 Å². The van der Waals surface area contributed by atoms with Gasteiger partial charge in [0.15, 0.2) is 0 Å². The molecule has 1 heterocycles. The Kier molecular flexibility index (Phi) is 9.54. The van der Waals surface area contributed by atoms with Gasteiger partial charge in [0.05, 0.1) is 6.10 Å². The van der Waals surface area contributed by atoms with E-state index in [1.165, 1.54) is 13.1 Å². The lowest BCUT2D eigenvalue weighted by atomic mass is 9.68. The van der Waals surface area contributed by atoms with Crippen molar-refractivity contribution >= 4 is 0 Å². The van der Waals surface area contributed by atoms with E-state index in [1.54, 1.807) is 0 Å². The van der Waals surface area contributed by atoms with Crippen molar-refractivity contribution in [3.05, 3.63) is 0 Å². The lowest BCUT2D eigenvalue weighted by molar-refractivity contribution is -0.0816. The minimum Gasteiger partial charge on any atom is -0.372 e. The van der Waals surface area contributed by atoms with Gasteiger partial charge in [0.2, 0.25) is 0 Å². The summed E-state index contributed by atoms with van der Waals surface area (Å²) in [4.78, 5) is 2.32. The fourth-order valence-electron chi connectivity index (χ4n) is 2.99. The molecule has 2 nitrogen and oxygen atoms in total. The number of nitrogens with zero attached hydrogens (tertiary/aromatic N) is 1. The van der Waals surface area contributed by atoms with Gasteiger partial charge in [0.1, 0.15) is 6.61 Å². The number of ether oxygens (including phenoxy) is 1. The van der Waals surface area contributed by atoms with Gasteiger partial charge in [-0.2, -0.15) is 0 Å². The highest BCUT2D eigenvalue weighted by Gasteiger charge is 2.43. The molecule has 1 saturated heterocycles. The van der Waals surface area contributed by atoms with Crippen molar-refractivity contribution in [2.75, 3.05) is 26.7 Å². The maximum atomic E-state index is 11.9. The number of rotatable bonds is 3. The summed E-state index contributed by atoms with van der Waals surface area (Å²) in [5.74, 6) is 0. The molecule has 0 radical (unpaired) electrons. The Labute approximate surface area is 117 Å². The molecule has 4 heteroatoms. The molecule has 0 bridgehead atoms. The molecule has 2 aliphatic rings. The van der Waals surface area contributed by atoms with Gasteiger partial charge < -0.3 is 9.64 Å². The highest BCUT2D eigenvalue weighted by Crippen LogP contribution is 2.43. The molecule has 0 amide bonds. The maximum Gasteiger partial charge on any atom is 0.261 e. The zero-order valence-electron chi connectivity index (χ0n) is 13.2. The zero-order valence-corrected chi connectivity index (χ0v) is 13.2. The first-order valence-corrected chi connectivity index (χ1v) is 7.68. The molecular formula is C15H31F2NO. The van der Waals surface area contributed by atoms with E-state index in [4.69, 9.17) is 4.74 Å². The van der Waals surface area contributed by atoms with Crippen molar-refractivity contribution in [2.45, 2.75) is 65.9 Å². The van der Waals surface area contributed by atoms with Crippen molar-refractivity contribution in [1.29, 1.82) is 0 Å². The summed E-state index contributed by atoms with van der Waals surface area (Å²) in [5, 5.41) is 0. The summed E-state index contributed by atoms with van der Waals surface area (Å²) >= 11 is 0. The zero-order chi connectivity index (χ0) is 14.9. The first kappa shape index (κ1) is 18.8. The smallest absolute Gasteiger partial charge is 0.261 e. The lowest BCUT2D eigenvalue weighted by Crippen LogP contribution is -2.56. The average molecular weight is 279 g/mol. The topological polar surface area (TPSA) is 12.5 Å². The molecule has 1 spiro atoms. The van der Waals surface area contributed by atoms with Crippen LogP contribution in [0.25, 0.3) is 0 Å². The monoisotopic (exact) mass is 279 g/mol. The minimum absolute atomic E-state index is 0.0792. The third-order valence-electron chi connectivity index (χ3n) is 3.66. The van der Waals surface area contributed by atoms with E-state index in [0.717, 1.165) is 25.7 Å². The molecular weight excluding hydrogens is 248 g/mol. The van der Waals surface area contributed by atoms with Crippen LogP contribution in [-0.4, -0.2) is 44.2 Å². The first-order chi connectivity index (χ1) is 9.10. The van der Waals surface area contributed by atoms with Crippen LogP contribution in [-0.2, 0) is 4.74 Å². The van der Waals surface area contributed by atoms with Crippen LogP contribution < -0.4 is 0 Å². The number of likely N-dealkylation sites (tertiary alicyclic amines) is 1. The second-order valence-corrected chi connectivity index (χ2v) is 5.10. The second kappa shape index (κ2) is 9.65. The van der Waals surface area contributed by atoms with Gasteiger partial charge in [0, 0.05) is 13.1 Å². The summed E-state index contributed by atoms with van der Waals surface area (Å²) in [7, 11) is 2.13. The molecule has 0 unspecified atom stereocenters. The highest BCUT2D eigenvalue weighted by molar-refractivity contribution is 4.96. The Hall–Kier alpha value is -0.220. The SMILES string of the molecule is CC.CC.CN1CC2(CCC(OCC(F)F)CC2)C1. The summed E-state index contributed by atoms with van der Waals surface area (Å²) in [5.41, 5.74) is 0.499. The van der Waals surface area contributed by atoms with Crippen molar-refractivity contribution in [3.63, 3.8) is 0 Å². The molecule has 0 N–H and O–H groups in total. The molecule has 1 saturated carbocycles. The summed E-state index contributed by atoms with van der Waals surface area (Å²) in [6.45, 7) is 9.96. The Morgan fingerprint density at radius 2 is 1.58 bits per heavy atom. The Morgan fingerprint density at radius 3 is 1.95 bits per heavy atom. The predicted molar refractivity (Wildman–Crippen MR) is 76.8 cm³/mol. The van der Waals surface area contributed by atoms with Crippen LogP contribution in [0.4, 0.5) is 8.78 Å². The summed E-state index contributed by atoms with van der Waals surface area (Å²) < 4.78 is 29.0. The molecule has 1 aliphatic heterocycles. The van der Waals surface area contributed by atoms with Gasteiger partial charge in [-0.15, -0.1) is 0 Å². The van der Waals surface area contributed by atoms with E-state index in [2.05, 4.69) is 11.9 Å². The van der Waals surface area contributed by atoms with E-state index in [9.17, 15) is 8.78 Å². The van der Waals surface area contributed by atoms with Gasteiger partial charge in [-0.05, 0) is 38.1 Å². The molecule has 0 aromatic carbocycles. The minimum atomic E-state index is -2.32. The average Bonchev–Trinajstić information content (AvgIpc) is 2.41. The number of hydrogen-bond donors (Lipinski definition) is 0. The van der Waals surface area contributed by atoms with Crippen molar-refractivity contribution in [3.8, 4) is 0 Å². The summed E-state index contributed by atoms with van der Waals surface area (Å²) in [6.07, 6.45) is 1.96. The maximum absolute atomic E-state index is 11.9. The molecule has 19 heavy (non-hydrogen) atoms. The lowest BCUT2D eigenvalue weighted by Gasteiger charge is -2.52. The molecule has 1 aliphatic carbocycles. The van der Waals surface area contributed by atoms with Gasteiger partial charge in [-0.25, -0.2) is 8.78 Å². The third-order valence-corrected chi connectivity index (χ3v) is 3.66. The van der Waals surface area contributed by atoms with Gasteiger partial charge in [-0.3, -0.25) is 0 Å². The third kappa shape index (κ3) is 6.17. The number of alkyl halides is 2. The molecule has 0 atom stereocenters. The van der Waals surface area contributed by atoms with Crippen LogP contribution in [0.1, 0.15) is 53.4 Å². The van der Waals surface area contributed by atoms with Crippen LogP contribution in [0.3, 0.4) is 0 Å². The normalized spacial score (nSPS) is 22.1. The van der Waals surface area contributed by atoms with Crippen molar-refractivity contribution in [2.24, 2.45) is 5.41 Å². The second-order valence-electron chi connectivity index (χ2n) is 5.10. The van der Waals surface area contributed by atoms with Crippen molar-refractivity contribution < 1.29 is 13.5 Å². The molecule has 2 fully saturated rings. The number of hydrogen-bond acceptors (Lipinski definition) is 2. The number of halogens is 2. The quantitative estimate of drug-likeness (QED) is 0.768. The largest absolute Gasteiger partial charge is 0.372 e. The summed E-state index contributed by atoms with van der Waals surface area (Å²) in [6, 6.07) is 0. The van der Waals surface area contributed by atoms with Crippen LogP contribution in [0.5, 0.6) is 0 Å². The fraction of sp³-hybridized carbons (Fsp3) is 1.00. The standard InChI is InChI=1S/C11H19F2NO.2C2H6/c1-14-7-11(8-14)4-2-9(3-5-11)15-6-10(12)13;2*1-2/h9-10H,2-8H2,1H3;2*1-2H3. The molecule has 116 valence electrons. The Morgan fingerprint density at radius 1 is 1.11 bits per heavy atom. The molecule has 0 aromatic heterocycles. The van der Waals surface area contributed by atoms with Crippen LogP contribution >= 0.6 is 0 Å². The van der Waals surface area contributed by atoms with E-state index in [1.807, 2.05) is 27.7 Å². The van der Waals surface area contributed by atoms with Gasteiger partial charge >= 0.3 is 0 Å². The van der Waals surface area contributed by atoms with E-state index in [0.29, 0.717) is 5.41 Å². The van der Waals surface area contributed by atoms with E-state index in [-0.39, 0.29) is 6.10 Å². The fourth-order valence-corrected chi connectivity index (χ4v) is 2.99. The Balaban J connectivity index is 0.000000741. The predicted octanol–water partition coefficient (Wildman–Crippen LogP) is 4.19. The first-order valence-electron chi connectivity index (χ1n) is 7.68. The van der Waals surface area contributed by atoms with Crippen LogP contribution in [0.15, 0.2) is 0 Å². The van der Waals surface area contributed by atoms with E-state index >= 15 is 0 Å². The van der Waals surface area contributed by atoms with Crippen LogP contribution in [0.2, 0.25) is 0 Å². The molecule has 0 aromatic rings. The van der Waals surface area contributed by atoms with Gasteiger partial charge in [-0.1, -0.05) is 27.7 Å². The van der Waals surface area contributed by atoms with E-state index < -0.39 is 13.0 Å². The van der Waals surface area contributed by atoms with Crippen molar-refractivity contribution in [1.82, 2.24) is 4.90 Å². The Bertz CT molecular complexity index is 208. The van der Waals surface area contributed by atoms with Gasteiger partial charge in [0.25, 0.3) is 6.43 Å². The molecule has 2 rings (SSSR count).